The fourth-order valence-corrected chi connectivity index (χ4v) is 12.4. The number of carbonyl (C=O) groups is 4. The molecule has 72 heavy (non-hydrogen) atoms. The summed E-state index contributed by atoms with van der Waals surface area (Å²) in [5.74, 6) is -0.491. The molecule has 0 spiro atoms. The first kappa shape index (κ1) is 49.4. The minimum Gasteiger partial charge on any atom is -0.379 e. The fraction of sp³-hybridized carbons (Fsp3) is 0.393. The molecule has 0 aliphatic carbocycles. The highest BCUT2D eigenvalue weighted by molar-refractivity contribution is 7.15. The van der Waals surface area contributed by atoms with E-state index in [4.69, 9.17) is 19.4 Å². The SMILES string of the molecule is O=C(CCN1CCOCC1)N[C@@H](C(=O)N1CCC[C@H]1c1ncc(-c2ccc(-c3ccc(-c4cnc([C@@H]5CCCN5C(=O)[C@H](NC(=O)CCN5CCOCC5)c5ccccc5)s4)cc3)cc2)s1)c1ccccc1. The Kier molecular flexibility index (Phi) is 16.2. The van der Waals surface area contributed by atoms with Crippen LogP contribution in [-0.4, -0.2) is 132 Å². The van der Waals surface area contributed by atoms with Gasteiger partial charge in [-0.25, -0.2) is 9.97 Å². The number of aromatic nitrogens is 2. The number of likely N-dealkylation sites (tertiary alicyclic amines) is 2. The largest absolute Gasteiger partial charge is 0.379 e. The molecule has 10 rings (SSSR count). The lowest BCUT2D eigenvalue weighted by Gasteiger charge is -2.29. The second kappa shape index (κ2) is 23.6. The molecule has 6 aromatic rings. The fourth-order valence-electron chi connectivity index (χ4n) is 10.2. The monoisotopic (exact) mass is 1010 g/mol. The van der Waals surface area contributed by atoms with Gasteiger partial charge in [-0.3, -0.25) is 29.0 Å². The predicted octanol–water partition coefficient (Wildman–Crippen LogP) is 8.09. The predicted molar refractivity (Wildman–Crippen MR) is 280 cm³/mol. The van der Waals surface area contributed by atoms with Crippen molar-refractivity contribution in [2.75, 3.05) is 78.8 Å². The smallest absolute Gasteiger partial charge is 0.250 e. The van der Waals surface area contributed by atoms with Gasteiger partial charge in [-0.2, -0.15) is 0 Å². The molecule has 0 saturated carbocycles. The number of thiazole rings is 2. The van der Waals surface area contributed by atoms with Gasteiger partial charge < -0.3 is 29.9 Å². The molecular weight excluding hydrogens is 945 g/mol. The molecule has 6 heterocycles. The van der Waals surface area contributed by atoms with Crippen LogP contribution in [0.15, 0.2) is 122 Å². The van der Waals surface area contributed by atoms with E-state index in [0.29, 0.717) is 65.4 Å². The van der Waals surface area contributed by atoms with Crippen LogP contribution in [0.3, 0.4) is 0 Å². The summed E-state index contributed by atoms with van der Waals surface area (Å²) in [5.41, 5.74) is 5.84. The molecule has 2 N–H and O–H groups in total. The van der Waals surface area contributed by atoms with Crippen molar-refractivity contribution < 1.29 is 28.7 Å². The third kappa shape index (κ3) is 11.9. The average molecular weight is 1010 g/mol. The van der Waals surface area contributed by atoms with Gasteiger partial charge in [-0.1, -0.05) is 109 Å². The normalized spacial score (nSPS) is 19.5. The summed E-state index contributed by atoms with van der Waals surface area (Å²) >= 11 is 3.23. The maximum absolute atomic E-state index is 14.4. The lowest BCUT2D eigenvalue weighted by atomic mass is 10.0. The van der Waals surface area contributed by atoms with Crippen molar-refractivity contribution >= 4 is 46.3 Å². The number of hydrogen-bond acceptors (Lipinski definition) is 12. The summed E-state index contributed by atoms with van der Waals surface area (Å²) in [6.07, 6.45) is 7.81. The van der Waals surface area contributed by atoms with Crippen LogP contribution in [0.25, 0.3) is 32.0 Å². The van der Waals surface area contributed by atoms with Gasteiger partial charge in [0, 0.05) is 77.6 Å². The Bertz CT molecular complexity index is 2570. The summed E-state index contributed by atoms with van der Waals surface area (Å²) in [4.78, 5) is 75.4. The number of nitrogens with zero attached hydrogens (tertiary/aromatic N) is 6. The van der Waals surface area contributed by atoms with Crippen molar-refractivity contribution in [3.05, 3.63) is 143 Å². The van der Waals surface area contributed by atoms with E-state index < -0.39 is 12.1 Å². The number of amides is 4. The Morgan fingerprint density at radius 2 is 0.889 bits per heavy atom. The number of carbonyl (C=O) groups excluding carboxylic acids is 4. The van der Waals surface area contributed by atoms with E-state index in [2.05, 4.69) is 69.0 Å². The van der Waals surface area contributed by atoms with E-state index in [9.17, 15) is 19.2 Å². The number of nitrogens with one attached hydrogen (secondary N) is 2. The number of hydrogen-bond donors (Lipinski definition) is 2. The molecular formula is C56H62N8O6S2. The summed E-state index contributed by atoms with van der Waals surface area (Å²) in [7, 11) is 0. The van der Waals surface area contributed by atoms with Crippen molar-refractivity contribution in [1.29, 1.82) is 0 Å². The zero-order chi connectivity index (χ0) is 49.2. The van der Waals surface area contributed by atoms with Crippen LogP contribution in [0.1, 0.15) is 83.8 Å². The van der Waals surface area contributed by atoms with E-state index in [-0.39, 0.29) is 35.7 Å². The second-order valence-corrected chi connectivity index (χ2v) is 21.0. The summed E-state index contributed by atoms with van der Waals surface area (Å²) in [6.45, 7) is 8.40. The van der Waals surface area contributed by atoms with Crippen LogP contribution in [0.2, 0.25) is 0 Å². The molecule has 4 atom stereocenters. The van der Waals surface area contributed by atoms with Gasteiger partial charge in [0.15, 0.2) is 0 Å². The zero-order valence-electron chi connectivity index (χ0n) is 40.5. The van der Waals surface area contributed by atoms with E-state index >= 15 is 0 Å². The van der Waals surface area contributed by atoms with Crippen molar-refractivity contribution in [3.63, 3.8) is 0 Å². The van der Waals surface area contributed by atoms with Crippen LogP contribution < -0.4 is 10.6 Å². The van der Waals surface area contributed by atoms with Crippen molar-refractivity contribution in [2.45, 2.75) is 62.7 Å². The Labute approximate surface area is 429 Å². The molecule has 2 aromatic heterocycles. The molecule has 4 fully saturated rings. The van der Waals surface area contributed by atoms with Crippen LogP contribution in [-0.2, 0) is 28.7 Å². The van der Waals surface area contributed by atoms with Crippen molar-refractivity contribution in [3.8, 4) is 32.0 Å². The first-order valence-corrected chi connectivity index (χ1v) is 27.0. The lowest BCUT2D eigenvalue weighted by Crippen LogP contribution is -2.44. The molecule has 0 bridgehead atoms. The molecule has 0 unspecified atom stereocenters. The molecule has 4 aromatic carbocycles. The van der Waals surface area contributed by atoms with Crippen molar-refractivity contribution in [2.24, 2.45) is 0 Å². The highest BCUT2D eigenvalue weighted by Crippen LogP contribution is 2.41. The van der Waals surface area contributed by atoms with E-state index in [1.54, 1.807) is 22.7 Å². The van der Waals surface area contributed by atoms with Gasteiger partial charge in [0.2, 0.25) is 23.6 Å². The molecule has 0 radical (unpaired) electrons. The van der Waals surface area contributed by atoms with Gasteiger partial charge in [0.1, 0.15) is 22.1 Å². The van der Waals surface area contributed by atoms with E-state index in [1.807, 2.05) is 82.9 Å². The zero-order valence-corrected chi connectivity index (χ0v) is 42.2. The standard InChI is InChI=1S/C56H62N8O6S2/c65-49(23-27-61-29-33-69-34-30-61)59-51(43-9-3-1-4-10-43)55(67)63-25-7-13-45(63)53-57-37-47(71-53)41-19-15-39(16-20-41)40-17-21-42(22-18-40)48-38-58-54(72-48)46-14-8-26-64(46)56(68)52(44-11-5-2-6-12-44)60-50(66)24-28-62-31-35-70-36-32-62/h1-6,9-12,15-22,37-38,45-46,51-52H,7-8,13-14,23-36H2,(H,59,65)(H,60,66)/t45-,46-,51+,52+/m0/s1. The Morgan fingerprint density at radius 1 is 0.514 bits per heavy atom. The van der Waals surface area contributed by atoms with E-state index in [0.717, 1.165) is 105 Å². The molecule has 4 aliphatic heterocycles. The molecule has 4 aliphatic rings. The molecule has 4 amide bonds. The van der Waals surface area contributed by atoms with E-state index in [1.165, 1.54) is 0 Å². The molecule has 14 nitrogen and oxygen atoms in total. The lowest BCUT2D eigenvalue weighted by molar-refractivity contribution is -0.137. The Hall–Kier alpha value is -6.14. The van der Waals surface area contributed by atoms with Gasteiger partial charge in [-0.15, -0.1) is 22.7 Å². The number of ether oxygens (including phenoxy) is 2. The maximum Gasteiger partial charge on any atom is 0.250 e. The van der Waals surface area contributed by atoms with Gasteiger partial charge >= 0.3 is 0 Å². The Balaban J connectivity index is 0.767. The molecule has 16 heteroatoms. The number of benzene rings is 4. The second-order valence-electron chi connectivity index (χ2n) is 18.9. The minimum absolute atomic E-state index is 0.106. The third-order valence-corrected chi connectivity index (χ3v) is 16.5. The van der Waals surface area contributed by atoms with Gasteiger partial charge in [-0.05, 0) is 59.1 Å². The Morgan fingerprint density at radius 3 is 1.28 bits per heavy atom. The molecule has 4 saturated heterocycles. The first-order chi connectivity index (χ1) is 35.3. The number of morpholine rings is 2. The van der Waals surface area contributed by atoms with Crippen LogP contribution in [0.5, 0.6) is 0 Å². The molecule has 374 valence electrons. The third-order valence-electron chi connectivity index (χ3n) is 14.2. The summed E-state index contributed by atoms with van der Waals surface area (Å²) in [5, 5.41) is 7.97. The van der Waals surface area contributed by atoms with Gasteiger partial charge in [0.05, 0.1) is 48.3 Å². The highest BCUT2D eigenvalue weighted by atomic mass is 32.1. The topological polar surface area (TPSA) is 150 Å². The maximum atomic E-state index is 14.4. The summed E-state index contributed by atoms with van der Waals surface area (Å²) in [6, 6.07) is 34.2. The minimum atomic E-state index is -0.776. The van der Waals surface area contributed by atoms with Crippen LogP contribution >= 0.6 is 22.7 Å². The summed E-state index contributed by atoms with van der Waals surface area (Å²) < 4.78 is 10.9. The highest BCUT2D eigenvalue weighted by Gasteiger charge is 2.39. The average Bonchev–Trinajstić information content (AvgIpc) is 4.30. The van der Waals surface area contributed by atoms with Crippen molar-refractivity contribution in [1.82, 2.24) is 40.2 Å². The first-order valence-electron chi connectivity index (χ1n) is 25.4. The van der Waals surface area contributed by atoms with Crippen LogP contribution in [0, 0.1) is 0 Å². The van der Waals surface area contributed by atoms with Crippen LogP contribution in [0.4, 0.5) is 0 Å². The quantitative estimate of drug-likeness (QED) is 0.0919. The number of rotatable bonds is 17. The van der Waals surface area contributed by atoms with Gasteiger partial charge in [0.25, 0.3) is 0 Å².